The second-order valence-electron chi connectivity index (χ2n) is 8.12. The maximum atomic E-state index is 10.4. The number of hydrogen-bond acceptors (Lipinski definition) is 5. The highest BCUT2D eigenvalue weighted by Crippen LogP contribution is 2.38. The van der Waals surface area contributed by atoms with Gasteiger partial charge in [0.15, 0.2) is 0 Å². The molecular weight excluding hydrogens is 350 g/mol. The lowest BCUT2D eigenvalue weighted by atomic mass is 9.88. The first-order valence-corrected chi connectivity index (χ1v) is 9.69. The average Bonchev–Trinajstić information content (AvgIpc) is 3.30. The molecule has 4 heterocycles. The molecule has 2 atom stereocenters. The minimum absolute atomic E-state index is 0.175. The number of nitrogens with one attached hydrogen (secondary N) is 1. The predicted octanol–water partition coefficient (Wildman–Crippen LogP) is 3.72. The van der Waals surface area contributed by atoms with Crippen molar-refractivity contribution in [2.24, 2.45) is 0 Å². The Morgan fingerprint density at radius 1 is 1.29 bits per heavy atom. The lowest BCUT2D eigenvalue weighted by molar-refractivity contribution is 0.351. The van der Waals surface area contributed by atoms with Crippen molar-refractivity contribution in [2.45, 2.75) is 44.2 Å². The zero-order valence-corrected chi connectivity index (χ0v) is 15.8. The molecule has 2 N–H and O–H groups in total. The third-order valence-electron chi connectivity index (χ3n) is 5.81. The smallest absolute Gasteiger partial charge is 0.127 e. The molecule has 142 valence electrons. The summed E-state index contributed by atoms with van der Waals surface area (Å²) in [6.45, 7) is 2.31. The number of aromatic nitrogens is 4. The largest absolute Gasteiger partial charge is 0.507 e. The fourth-order valence-electron chi connectivity index (χ4n) is 4.49. The molecule has 0 radical (unpaired) electrons. The average molecular weight is 373 g/mol. The van der Waals surface area contributed by atoms with E-state index in [2.05, 4.69) is 33.3 Å². The lowest BCUT2D eigenvalue weighted by Crippen LogP contribution is -2.44. The van der Waals surface area contributed by atoms with Crippen LogP contribution >= 0.6 is 0 Å². The van der Waals surface area contributed by atoms with Crippen molar-refractivity contribution >= 4 is 6.08 Å². The summed E-state index contributed by atoms with van der Waals surface area (Å²) < 4.78 is 1.84. The topological polar surface area (TPSA) is 75.9 Å². The highest BCUT2D eigenvalue weighted by molar-refractivity contribution is 5.68. The molecule has 0 saturated carbocycles. The molecule has 6 heteroatoms. The van der Waals surface area contributed by atoms with Crippen LogP contribution in [0.25, 0.3) is 23.0 Å². The van der Waals surface area contributed by atoms with Crippen LogP contribution in [-0.4, -0.2) is 36.2 Å². The van der Waals surface area contributed by atoms with Gasteiger partial charge in [-0.15, -0.1) is 0 Å². The van der Waals surface area contributed by atoms with E-state index in [4.69, 9.17) is 0 Å². The van der Waals surface area contributed by atoms with Crippen LogP contribution < -0.4 is 5.32 Å². The van der Waals surface area contributed by atoms with Crippen LogP contribution in [-0.2, 0) is 0 Å². The van der Waals surface area contributed by atoms with Crippen LogP contribution in [0, 0.1) is 0 Å². The quantitative estimate of drug-likeness (QED) is 0.732. The van der Waals surface area contributed by atoms with Crippen LogP contribution in [0.1, 0.15) is 38.3 Å². The lowest BCUT2D eigenvalue weighted by Gasteiger charge is -2.32. The van der Waals surface area contributed by atoms with Gasteiger partial charge in [0.2, 0.25) is 0 Å². The zero-order chi connectivity index (χ0) is 19.1. The summed E-state index contributed by atoms with van der Waals surface area (Å²) >= 11 is 0. The third-order valence-corrected chi connectivity index (χ3v) is 5.81. The summed E-state index contributed by atoms with van der Waals surface area (Å²) in [7, 11) is 0. The number of fused-ring (bicyclic) bond motifs is 2. The molecule has 5 rings (SSSR count). The van der Waals surface area contributed by atoms with Crippen LogP contribution in [0.15, 0.2) is 54.9 Å². The Balaban J connectivity index is 1.38. The molecule has 28 heavy (non-hydrogen) atoms. The van der Waals surface area contributed by atoms with E-state index in [1.807, 2.05) is 22.9 Å². The van der Waals surface area contributed by atoms with Crippen LogP contribution in [0.2, 0.25) is 0 Å². The van der Waals surface area contributed by atoms with E-state index in [-0.39, 0.29) is 11.3 Å². The van der Waals surface area contributed by atoms with E-state index in [0.717, 1.165) is 24.2 Å². The van der Waals surface area contributed by atoms with Gasteiger partial charge in [-0.25, -0.2) is 4.98 Å². The van der Waals surface area contributed by atoms with Crippen molar-refractivity contribution in [3.05, 3.63) is 60.6 Å². The van der Waals surface area contributed by atoms with Gasteiger partial charge in [-0.3, -0.25) is 9.97 Å². The van der Waals surface area contributed by atoms with E-state index < -0.39 is 0 Å². The van der Waals surface area contributed by atoms with Crippen molar-refractivity contribution in [3.8, 4) is 22.7 Å². The highest BCUT2D eigenvalue weighted by Gasteiger charge is 2.39. The number of rotatable bonds is 3. The van der Waals surface area contributed by atoms with Gasteiger partial charge < -0.3 is 15.0 Å². The van der Waals surface area contributed by atoms with Crippen molar-refractivity contribution in [3.63, 3.8) is 0 Å². The van der Waals surface area contributed by atoms with E-state index >= 15 is 0 Å². The summed E-state index contributed by atoms with van der Waals surface area (Å²) in [6.07, 6.45) is 15.6. The number of nitrogens with zero attached hydrogens (tertiary/aromatic N) is 4. The minimum atomic E-state index is 0.175. The fourth-order valence-corrected chi connectivity index (χ4v) is 4.49. The summed E-state index contributed by atoms with van der Waals surface area (Å²) in [5.41, 5.74) is 4.74. The molecule has 2 saturated heterocycles. The normalized spacial score (nSPS) is 25.3. The standard InChI is InChI=1S/C22H23N5O/c1-22-5-4-16(26-22)8-15(11-22)9-17-12-25-20(13-24-17)19-3-2-18(10-21(19)28)27-7-6-23-14-27/h2-3,6-7,9-10,12-14,16,26,28H,4-5,8,11H2,1H3/b15-9+/t16?,22-/m1/s1. The van der Waals surface area contributed by atoms with E-state index in [0.29, 0.717) is 17.3 Å². The molecule has 3 aromatic rings. The van der Waals surface area contributed by atoms with Gasteiger partial charge in [0.05, 0.1) is 35.8 Å². The second kappa shape index (κ2) is 6.56. The Morgan fingerprint density at radius 3 is 2.93 bits per heavy atom. The first kappa shape index (κ1) is 17.1. The van der Waals surface area contributed by atoms with Crippen LogP contribution in [0.3, 0.4) is 0 Å². The Kier molecular flexibility index (Phi) is 4.02. The van der Waals surface area contributed by atoms with Gasteiger partial charge in [0.1, 0.15) is 5.75 Å². The van der Waals surface area contributed by atoms with Crippen molar-refractivity contribution in [1.29, 1.82) is 0 Å². The van der Waals surface area contributed by atoms with Gasteiger partial charge in [-0.05, 0) is 50.8 Å². The molecule has 2 bridgehead atoms. The fraction of sp³-hybridized carbons (Fsp3) is 0.318. The van der Waals surface area contributed by atoms with Gasteiger partial charge in [0.25, 0.3) is 0 Å². The van der Waals surface area contributed by atoms with Gasteiger partial charge in [-0.1, -0.05) is 5.57 Å². The molecule has 2 aliphatic heterocycles. The molecule has 1 unspecified atom stereocenters. The Morgan fingerprint density at radius 2 is 2.21 bits per heavy atom. The Bertz CT molecular complexity index is 1030. The molecule has 2 aromatic heterocycles. The summed E-state index contributed by atoms with van der Waals surface area (Å²) in [5.74, 6) is 0.175. The minimum Gasteiger partial charge on any atom is -0.507 e. The van der Waals surface area contributed by atoms with E-state index in [1.54, 1.807) is 31.0 Å². The van der Waals surface area contributed by atoms with Crippen LogP contribution in [0.5, 0.6) is 5.75 Å². The molecule has 1 aromatic carbocycles. The maximum absolute atomic E-state index is 10.4. The van der Waals surface area contributed by atoms with E-state index in [1.165, 1.54) is 18.4 Å². The Labute approximate surface area is 164 Å². The summed E-state index contributed by atoms with van der Waals surface area (Å²) in [5, 5.41) is 14.2. The van der Waals surface area contributed by atoms with Gasteiger partial charge in [0, 0.05) is 35.6 Å². The number of aromatic hydroxyl groups is 1. The van der Waals surface area contributed by atoms with Crippen LogP contribution in [0.4, 0.5) is 0 Å². The molecule has 0 spiro atoms. The second-order valence-corrected chi connectivity index (χ2v) is 8.12. The number of hydrogen-bond donors (Lipinski definition) is 2. The summed E-state index contributed by atoms with van der Waals surface area (Å²) in [4.78, 5) is 13.1. The molecule has 6 nitrogen and oxygen atoms in total. The molecule has 2 fully saturated rings. The third kappa shape index (κ3) is 3.20. The first-order chi connectivity index (χ1) is 13.6. The van der Waals surface area contributed by atoms with E-state index in [9.17, 15) is 5.11 Å². The number of phenols is 1. The Hall–Kier alpha value is -2.99. The summed E-state index contributed by atoms with van der Waals surface area (Å²) in [6, 6.07) is 6.10. The molecule has 0 amide bonds. The number of imidazole rings is 1. The van der Waals surface area contributed by atoms with Crippen molar-refractivity contribution in [2.75, 3.05) is 0 Å². The monoisotopic (exact) mass is 373 g/mol. The maximum Gasteiger partial charge on any atom is 0.127 e. The van der Waals surface area contributed by atoms with Crippen molar-refractivity contribution < 1.29 is 5.11 Å². The van der Waals surface area contributed by atoms with Gasteiger partial charge in [-0.2, -0.15) is 0 Å². The number of phenolic OH excluding ortho intramolecular Hbond substituents is 1. The highest BCUT2D eigenvalue weighted by atomic mass is 16.3. The molecular formula is C22H23N5O. The number of piperidine rings is 1. The first-order valence-electron chi connectivity index (χ1n) is 9.69. The predicted molar refractivity (Wildman–Crippen MR) is 108 cm³/mol. The zero-order valence-electron chi connectivity index (χ0n) is 15.8. The number of benzene rings is 1. The van der Waals surface area contributed by atoms with Crippen molar-refractivity contribution in [1.82, 2.24) is 24.8 Å². The molecule has 2 aliphatic rings. The van der Waals surface area contributed by atoms with Gasteiger partial charge >= 0.3 is 0 Å². The SMILES string of the molecule is C[C@@]12CCC(C/C(=C\c3cnc(-c4ccc(-n5ccnc5)cc4O)cn3)C1)N2. The molecule has 0 aliphatic carbocycles.